The van der Waals surface area contributed by atoms with E-state index >= 15 is 0 Å². The first-order valence-electron chi connectivity index (χ1n) is 8.79. The Labute approximate surface area is 163 Å². The van der Waals surface area contributed by atoms with Crippen molar-refractivity contribution in [3.63, 3.8) is 0 Å². The molecule has 0 radical (unpaired) electrons. The molecule has 8 nitrogen and oxygen atoms in total. The number of anilines is 2. The Balaban J connectivity index is 1.58. The molecule has 9 heteroatoms. The zero-order chi connectivity index (χ0) is 20.1. The molecule has 1 aliphatic rings. The molecule has 148 valence electrons. The average molecular weight is 403 g/mol. The molecule has 2 aromatic carbocycles. The second kappa shape index (κ2) is 8.41. The maximum atomic E-state index is 12.1. The van der Waals surface area contributed by atoms with Crippen LogP contribution < -0.4 is 14.9 Å². The van der Waals surface area contributed by atoms with Crippen molar-refractivity contribution < 1.29 is 23.1 Å². The second-order valence-electron chi connectivity index (χ2n) is 6.38. The van der Waals surface area contributed by atoms with Gasteiger partial charge in [-0.2, -0.15) is 0 Å². The first kappa shape index (κ1) is 19.8. The number of amides is 2. The maximum absolute atomic E-state index is 12.1. The lowest BCUT2D eigenvalue weighted by Crippen LogP contribution is -2.37. The average Bonchev–Trinajstić information content (AvgIpc) is 3.05. The summed E-state index contributed by atoms with van der Waals surface area (Å²) >= 11 is 0. The summed E-state index contributed by atoms with van der Waals surface area (Å²) in [6.45, 7) is 0.278. The summed E-state index contributed by atoms with van der Waals surface area (Å²) in [5.41, 5.74) is 1.38. The van der Waals surface area contributed by atoms with Gasteiger partial charge in [-0.25, -0.2) is 8.42 Å². The van der Waals surface area contributed by atoms with E-state index in [0.717, 1.165) is 0 Å². The zero-order valence-corrected chi connectivity index (χ0v) is 15.9. The number of nitrogens with zero attached hydrogens (tertiary/aromatic N) is 1. The lowest BCUT2D eigenvalue weighted by Gasteiger charge is -2.17. The number of benzene rings is 2. The van der Waals surface area contributed by atoms with Gasteiger partial charge in [0.25, 0.3) is 0 Å². The number of aliphatic hydroxyl groups excluding tert-OH is 1. The van der Waals surface area contributed by atoms with Crippen molar-refractivity contribution in [3.8, 4) is 0 Å². The van der Waals surface area contributed by atoms with Gasteiger partial charge in [-0.3, -0.25) is 13.9 Å². The Kier molecular flexibility index (Phi) is 5.96. The van der Waals surface area contributed by atoms with Gasteiger partial charge in [-0.05, 0) is 30.2 Å². The van der Waals surface area contributed by atoms with E-state index in [1.807, 2.05) is 6.07 Å². The highest BCUT2D eigenvalue weighted by Crippen LogP contribution is 2.26. The number of sulfonamides is 1. The minimum Gasteiger partial charge on any atom is -0.387 e. The summed E-state index contributed by atoms with van der Waals surface area (Å²) in [6, 6.07) is 15.1. The van der Waals surface area contributed by atoms with Crippen molar-refractivity contribution in [1.29, 1.82) is 0 Å². The molecule has 0 unspecified atom stereocenters. The smallest absolute Gasteiger partial charge is 0.313 e. The fourth-order valence-corrected chi connectivity index (χ4v) is 4.48. The summed E-state index contributed by atoms with van der Waals surface area (Å²) in [7, 11) is -3.33. The van der Waals surface area contributed by atoms with Crippen molar-refractivity contribution in [2.45, 2.75) is 12.5 Å². The van der Waals surface area contributed by atoms with Crippen LogP contribution in [-0.4, -0.2) is 44.2 Å². The van der Waals surface area contributed by atoms with E-state index in [2.05, 4.69) is 10.6 Å². The van der Waals surface area contributed by atoms with Gasteiger partial charge in [0.05, 0.1) is 17.5 Å². The summed E-state index contributed by atoms with van der Waals surface area (Å²) < 4.78 is 25.3. The minimum atomic E-state index is -3.33. The third kappa shape index (κ3) is 4.68. The Bertz CT molecular complexity index is 963. The Hall–Kier alpha value is -2.91. The molecule has 2 amide bonds. The molecule has 1 atom stereocenters. The van der Waals surface area contributed by atoms with Crippen LogP contribution >= 0.6 is 0 Å². The molecule has 0 spiro atoms. The number of hydrogen-bond acceptors (Lipinski definition) is 5. The number of carbonyl (C=O) groups excluding carboxylic acids is 2. The van der Waals surface area contributed by atoms with E-state index in [9.17, 15) is 23.1 Å². The van der Waals surface area contributed by atoms with Gasteiger partial charge in [-0.15, -0.1) is 0 Å². The quantitative estimate of drug-likeness (QED) is 0.645. The molecular weight excluding hydrogens is 382 g/mol. The summed E-state index contributed by atoms with van der Waals surface area (Å²) in [4.78, 5) is 24.1. The monoisotopic (exact) mass is 403 g/mol. The molecule has 0 aromatic heterocycles. The molecular formula is C19H21N3O5S. The van der Waals surface area contributed by atoms with Gasteiger partial charge in [0, 0.05) is 18.8 Å². The predicted octanol–water partition coefficient (Wildman–Crippen LogP) is 1.01. The van der Waals surface area contributed by atoms with Crippen molar-refractivity contribution in [1.82, 2.24) is 5.32 Å². The molecule has 0 saturated carbocycles. The van der Waals surface area contributed by atoms with E-state index < -0.39 is 27.9 Å². The van der Waals surface area contributed by atoms with Crippen LogP contribution in [-0.2, 0) is 19.6 Å². The van der Waals surface area contributed by atoms with E-state index in [1.54, 1.807) is 42.5 Å². The minimum absolute atomic E-state index is 0.0930. The van der Waals surface area contributed by atoms with Crippen molar-refractivity contribution in [2.24, 2.45) is 0 Å². The third-order valence-corrected chi connectivity index (χ3v) is 6.21. The molecule has 1 saturated heterocycles. The highest BCUT2D eigenvalue weighted by atomic mass is 32.2. The normalized spacial score (nSPS) is 16.4. The summed E-state index contributed by atoms with van der Waals surface area (Å²) in [5, 5.41) is 14.9. The highest BCUT2D eigenvalue weighted by Gasteiger charge is 2.28. The van der Waals surface area contributed by atoms with Crippen LogP contribution in [0.1, 0.15) is 18.1 Å². The molecule has 0 aliphatic carbocycles. The molecule has 28 heavy (non-hydrogen) atoms. The van der Waals surface area contributed by atoms with Gasteiger partial charge in [0.1, 0.15) is 0 Å². The third-order valence-electron chi connectivity index (χ3n) is 4.34. The fourth-order valence-electron chi connectivity index (χ4n) is 2.92. The number of aliphatic hydroxyl groups is 1. The number of nitrogens with one attached hydrogen (secondary N) is 2. The first-order valence-corrected chi connectivity index (χ1v) is 10.4. The SMILES string of the molecule is O=C(NC[C@@H](O)c1ccccc1)C(=O)Nc1cccc(N2CCCS2(=O)=O)c1. The van der Waals surface area contributed by atoms with Crippen LogP contribution in [0, 0.1) is 0 Å². The summed E-state index contributed by atoms with van der Waals surface area (Å²) in [6.07, 6.45) is -0.382. The van der Waals surface area contributed by atoms with E-state index in [4.69, 9.17) is 0 Å². The molecule has 1 aliphatic heterocycles. The van der Waals surface area contributed by atoms with Crippen LogP contribution in [0.5, 0.6) is 0 Å². The number of carbonyl (C=O) groups is 2. The van der Waals surface area contributed by atoms with Gasteiger partial charge in [0.15, 0.2) is 0 Å². The summed E-state index contributed by atoms with van der Waals surface area (Å²) in [5.74, 6) is -1.70. The molecule has 3 N–H and O–H groups in total. The van der Waals surface area contributed by atoms with E-state index in [-0.39, 0.29) is 12.3 Å². The molecule has 1 fully saturated rings. The van der Waals surface area contributed by atoms with Crippen LogP contribution in [0.15, 0.2) is 54.6 Å². The van der Waals surface area contributed by atoms with Crippen LogP contribution in [0.3, 0.4) is 0 Å². The second-order valence-corrected chi connectivity index (χ2v) is 8.40. The number of hydrogen-bond donors (Lipinski definition) is 3. The number of rotatable bonds is 5. The van der Waals surface area contributed by atoms with E-state index in [0.29, 0.717) is 29.9 Å². The van der Waals surface area contributed by atoms with Gasteiger partial charge in [-0.1, -0.05) is 36.4 Å². The Morgan fingerprint density at radius 3 is 2.50 bits per heavy atom. The first-order chi connectivity index (χ1) is 13.4. The largest absolute Gasteiger partial charge is 0.387 e. The molecule has 0 bridgehead atoms. The Morgan fingerprint density at radius 2 is 1.82 bits per heavy atom. The van der Waals surface area contributed by atoms with Crippen LogP contribution in [0.4, 0.5) is 11.4 Å². The Morgan fingerprint density at radius 1 is 1.07 bits per heavy atom. The van der Waals surface area contributed by atoms with Crippen molar-refractivity contribution >= 4 is 33.2 Å². The zero-order valence-electron chi connectivity index (χ0n) is 15.0. The maximum Gasteiger partial charge on any atom is 0.313 e. The van der Waals surface area contributed by atoms with Crippen LogP contribution in [0.25, 0.3) is 0 Å². The van der Waals surface area contributed by atoms with Crippen molar-refractivity contribution in [2.75, 3.05) is 28.5 Å². The molecule has 1 heterocycles. The van der Waals surface area contributed by atoms with Crippen molar-refractivity contribution in [3.05, 3.63) is 60.2 Å². The van der Waals surface area contributed by atoms with E-state index in [1.165, 1.54) is 10.4 Å². The van der Waals surface area contributed by atoms with Gasteiger partial charge in [0.2, 0.25) is 10.0 Å². The molecule has 2 aromatic rings. The highest BCUT2D eigenvalue weighted by molar-refractivity contribution is 7.93. The van der Waals surface area contributed by atoms with Gasteiger partial charge >= 0.3 is 11.8 Å². The lowest BCUT2D eigenvalue weighted by atomic mass is 10.1. The topological polar surface area (TPSA) is 116 Å². The fraction of sp³-hybridized carbons (Fsp3) is 0.263. The van der Waals surface area contributed by atoms with Gasteiger partial charge < -0.3 is 15.7 Å². The van der Waals surface area contributed by atoms with Crippen LogP contribution in [0.2, 0.25) is 0 Å². The molecule has 3 rings (SSSR count). The lowest BCUT2D eigenvalue weighted by molar-refractivity contribution is -0.136. The standard InChI is InChI=1S/C19H21N3O5S/c23-17(14-6-2-1-3-7-14)13-20-18(24)19(25)21-15-8-4-9-16(12-15)22-10-5-11-28(22,26)27/h1-4,6-9,12,17,23H,5,10-11,13H2,(H,20,24)(H,21,25)/t17-/m1/s1. The predicted molar refractivity (Wildman–Crippen MR) is 105 cm³/mol.